The number of aliphatic hydroxyl groups is 1. The molecule has 138 valence electrons. The van der Waals surface area contributed by atoms with Crippen molar-refractivity contribution in [3.8, 4) is 5.75 Å². The molecule has 2 atom stereocenters. The number of carbonyl (C=O) groups is 1. The average Bonchev–Trinajstić information content (AvgIpc) is 2.78. The lowest BCUT2D eigenvalue weighted by Gasteiger charge is -2.44. The van der Waals surface area contributed by atoms with Gasteiger partial charge in [-0.25, -0.2) is 4.79 Å². The van der Waals surface area contributed by atoms with Crippen molar-refractivity contribution < 1.29 is 19.4 Å². The Kier molecular flexibility index (Phi) is 4.48. The molecule has 0 radical (unpaired) electrons. The predicted octanol–water partition coefficient (Wildman–Crippen LogP) is 3.75. The summed E-state index contributed by atoms with van der Waals surface area (Å²) in [7, 11) is 1.65. The zero-order valence-corrected chi connectivity index (χ0v) is 15.8. The van der Waals surface area contributed by atoms with Gasteiger partial charge in [0.15, 0.2) is 0 Å². The molecule has 0 aliphatic carbocycles. The minimum Gasteiger partial charge on any atom is -0.496 e. The van der Waals surface area contributed by atoms with Crippen LogP contribution in [0.15, 0.2) is 18.2 Å². The van der Waals surface area contributed by atoms with E-state index < -0.39 is 11.2 Å². The van der Waals surface area contributed by atoms with Crippen LogP contribution in [0.4, 0.5) is 4.79 Å². The van der Waals surface area contributed by atoms with E-state index in [9.17, 15) is 9.90 Å². The number of hydrogen-bond donors (Lipinski definition) is 1. The number of methoxy groups -OCH3 is 1. The van der Waals surface area contributed by atoms with Crippen LogP contribution in [-0.4, -0.2) is 40.9 Å². The van der Waals surface area contributed by atoms with Crippen molar-refractivity contribution in [3.63, 3.8) is 0 Å². The second-order valence-electron chi connectivity index (χ2n) is 8.40. The summed E-state index contributed by atoms with van der Waals surface area (Å²) in [5, 5.41) is 11.3. The van der Waals surface area contributed by atoms with E-state index in [0.29, 0.717) is 12.8 Å². The molecule has 2 heterocycles. The summed E-state index contributed by atoms with van der Waals surface area (Å²) in [6.45, 7) is 7.63. The smallest absolute Gasteiger partial charge is 0.410 e. The van der Waals surface area contributed by atoms with Gasteiger partial charge in [0, 0.05) is 24.9 Å². The predicted molar refractivity (Wildman–Crippen MR) is 95.7 cm³/mol. The number of amides is 1. The fourth-order valence-corrected chi connectivity index (χ4v) is 4.24. The Morgan fingerprint density at radius 1 is 1.24 bits per heavy atom. The third-order valence-electron chi connectivity index (χ3n) is 5.30. The van der Waals surface area contributed by atoms with E-state index in [4.69, 9.17) is 9.47 Å². The highest BCUT2D eigenvalue weighted by atomic mass is 16.6. The maximum Gasteiger partial charge on any atom is 0.410 e. The lowest BCUT2D eigenvalue weighted by atomic mass is 9.80. The molecule has 1 N–H and O–H groups in total. The number of fused-ring (bicyclic) bond motifs is 2. The van der Waals surface area contributed by atoms with Crippen molar-refractivity contribution in [3.05, 3.63) is 29.3 Å². The van der Waals surface area contributed by atoms with Crippen molar-refractivity contribution in [2.24, 2.45) is 0 Å². The van der Waals surface area contributed by atoms with Gasteiger partial charge in [-0.15, -0.1) is 0 Å². The van der Waals surface area contributed by atoms with Crippen molar-refractivity contribution in [2.75, 3.05) is 7.11 Å². The average molecular weight is 347 g/mol. The van der Waals surface area contributed by atoms with Gasteiger partial charge in [0.1, 0.15) is 11.4 Å². The molecule has 3 rings (SSSR count). The van der Waals surface area contributed by atoms with E-state index in [1.807, 2.05) is 50.8 Å². The molecular formula is C20H29NO4. The first-order valence-corrected chi connectivity index (χ1v) is 9.02. The minimum absolute atomic E-state index is 0.0287. The second kappa shape index (κ2) is 6.20. The summed E-state index contributed by atoms with van der Waals surface area (Å²) >= 11 is 0. The second-order valence-corrected chi connectivity index (χ2v) is 8.40. The summed E-state index contributed by atoms with van der Waals surface area (Å²) in [5.74, 6) is 0.821. The molecule has 0 saturated carbocycles. The molecule has 5 heteroatoms. The van der Waals surface area contributed by atoms with Crippen LogP contribution in [0.1, 0.15) is 57.6 Å². The quantitative estimate of drug-likeness (QED) is 0.885. The Labute approximate surface area is 149 Å². The molecule has 1 aromatic rings. The van der Waals surface area contributed by atoms with Gasteiger partial charge in [-0.1, -0.05) is 6.07 Å². The topological polar surface area (TPSA) is 59.0 Å². The number of aryl methyl sites for hydroxylation is 1. The number of ether oxygens (including phenoxy) is 2. The van der Waals surface area contributed by atoms with E-state index in [2.05, 4.69) is 0 Å². The van der Waals surface area contributed by atoms with Gasteiger partial charge in [0.2, 0.25) is 0 Å². The van der Waals surface area contributed by atoms with E-state index in [1.54, 1.807) is 7.11 Å². The Morgan fingerprint density at radius 3 is 2.32 bits per heavy atom. The summed E-state index contributed by atoms with van der Waals surface area (Å²) in [4.78, 5) is 14.4. The maximum absolute atomic E-state index is 12.6. The van der Waals surface area contributed by atoms with Crippen molar-refractivity contribution in [1.82, 2.24) is 4.90 Å². The first-order chi connectivity index (χ1) is 11.6. The SMILES string of the molecule is COc1ccc(C2(O)CC3CCC(C2)N3C(=O)OC(C)(C)C)cc1C. The third-order valence-corrected chi connectivity index (χ3v) is 5.30. The highest BCUT2D eigenvalue weighted by molar-refractivity contribution is 5.70. The highest BCUT2D eigenvalue weighted by Gasteiger charge is 2.51. The Balaban J connectivity index is 1.81. The Hall–Kier alpha value is -1.75. The Morgan fingerprint density at radius 2 is 1.84 bits per heavy atom. The van der Waals surface area contributed by atoms with Crippen LogP contribution < -0.4 is 4.74 Å². The molecule has 2 saturated heterocycles. The van der Waals surface area contributed by atoms with Gasteiger partial charge >= 0.3 is 6.09 Å². The number of carbonyl (C=O) groups excluding carboxylic acids is 1. The molecule has 2 aliphatic rings. The fraction of sp³-hybridized carbons (Fsp3) is 0.650. The normalized spacial score (nSPS) is 28.8. The molecule has 5 nitrogen and oxygen atoms in total. The van der Waals surface area contributed by atoms with Crippen LogP contribution in [-0.2, 0) is 10.3 Å². The molecule has 1 amide bonds. The van der Waals surface area contributed by atoms with Crippen LogP contribution in [0, 0.1) is 6.92 Å². The minimum atomic E-state index is -0.901. The molecule has 2 bridgehead atoms. The summed E-state index contributed by atoms with van der Waals surface area (Å²) in [6.07, 6.45) is 2.68. The molecule has 0 spiro atoms. The van der Waals surface area contributed by atoms with Crippen molar-refractivity contribution in [2.45, 2.75) is 76.7 Å². The molecule has 0 aromatic heterocycles. The van der Waals surface area contributed by atoms with Crippen molar-refractivity contribution in [1.29, 1.82) is 0 Å². The fourth-order valence-electron chi connectivity index (χ4n) is 4.24. The van der Waals surface area contributed by atoms with Crippen LogP contribution in [0.5, 0.6) is 5.75 Å². The maximum atomic E-state index is 12.6. The van der Waals surface area contributed by atoms with Gasteiger partial charge in [-0.05, 0) is 63.8 Å². The molecule has 2 aliphatic heterocycles. The number of piperidine rings is 1. The molecular weight excluding hydrogens is 318 g/mol. The van der Waals surface area contributed by atoms with E-state index in [1.165, 1.54) is 0 Å². The van der Waals surface area contributed by atoms with Crippen LogP contribution in [0.2, 0.25) is 0 Å². The molecule has 25 heavy (non-hydrogen) atoms. The molecule has 1 aromatic carbocycles. The monoisotopic (exact) mass is 347 g/mol. The van der Waals surface area contributed by atoms with Gasteiger partial charge in [0.05, 0.1) is 12.7 Å². The van der Waals surface area contributed by atoms with Gasteiger partial charge < -0.3 is 19.5 Å². The molecule has 2 unspecified atom stereocenters. The van der Waals surface area contributed by atoms with Gasteiger partial charge in [-0.3, -0.25) is 0 Å². The zero-order chi connectivity index (χ0) is 18.4. The standard InChI is InChI=1S/C20H29NO4/c1-13-10-14(6-9-17(13)24-5)20(23)11-15-7-8-16(12-20)21(15)18(22)25-19(2,3)4/h6,9-10,15-16,23H,7-8,11-12H2,1-5H3. The van der Waals surface area contributed by atoms with Crippen LogP contribution >= 0.6 is 0 Å². The van der Waals surface area contributed by atoms with E-state index in [0.717, 1.165) is 29.7 Å². The molecule has 2 fully saturated rings. The van der Waals surface area contributed by atoms with Crippen LogP contribution in [0.3, 0.4) is 0 Å². The summed E-state index contributed by atoms with van der Waals surface area (Å²) < 4.78 is 10.9. The summed E-state index contributed by atoms with van der Waals surface area (Å²) in [5.41, 5.74) is 0.514. The summed E-state index contributed by atoms with van der Waals surface area (Å²) in [6, 6.07) is 5.91. The number of nitrogens with zero attached hydrogens (tertiary/aromatic N) is 1. The number of benzene rings is 1. The largest absolute Gasteiger partial charge is 0.496 e. The van der Waals surface area contributed by atoms with Crippen molar-refractivity contribution >= 4 is 6.09 Å². The number of rotatable bonds is 2. The number of hydrogen-bond acceptors (Lipinski definition) is 4. The first kappa shape index (κ1) is 18.1. The first-order valence-electron chi connectivity index (χ1n) is 9.02. The van der Waals surface area contributed by atoms with Gasteiger partial charge in [0.25, 0.3) is 0 Å². The lowest BCUT2D eigenvalue weighted by molar-refractivity contribution is -0.0624. The highest BCUT2D eigenvalue weighted by Crippen LogP contribution is 2.46. The van der Waals surface area contributed by atoms with Gasteiger partial charge in [-0.2, -0.15) is 0 Å². The van der Waals surface area contributed by atoms with E-state index in [-0.39, 0.29) is 18.2 Å². The Bertz CT molecular complexity index is 650. The lowest BCUT2D eigenvalue weighted by Crippen LogP contribution is -2.53. The van der Waals surface area contributed by atoms with Crippen LogP contribution in [0.25, 0.3) is 0 Å². The zero-order valence-electron chi connectivity index (χ0n) is 15.8. The van der Waals surface area contributed by atoms with E-state index >= 15 is 0 Å². The third kappa shape index (κ3) is 3.47.